The molecule has 1 amide bonds. The first-order valence-electron chi connectivity index (χ1n) is 8.45. The number of likely N-dealkylation sites (tertiary alicyclic amines) is 1. The first-order valence-corrected chi connectivity index (χ1v) is 8.45. The van der Waals surface area contributed by atoms with Crippen molar-refractivity contribution in [3.63, 3.8) is 0 Å². The van der Waals surface area contributed by atoms with Crippen molar-refractivity contribution in [1.82, 2.24) is 9.47 Å². The number of aryl methyl sites for hydroxylation is 1. The van der Waals surface area contributed by atoms with Crippen LogP contribution in [0.3, 0.4) is 0 Å². The molecule has 1 aliphatic rings. The van der Waals surface area contributed by atoms with Gasteiger partial charge >= 0.3 is 0 Å². The van der Waals surface area contributed by atoms with Gasteiger partial charge in [0.2, 0.25) is 0 Å². The van der Waals surface area contributed by atoms with Gasteiger partial charge in [-0.3, -0.25) is 4.79 Å². The van der Waals surface area contributed by atoms with Crippen molar-refractivity contribution in [1.29, 1.82) is 0 Å². The van der Waals surface area contributed by atoms with Crippen LogP contribution in [0.1, 0.15) is 34.6 Å². The summed E-state index contributed by atoms with van der Waals surface area (Å²) in [5.74, 6) is 0.341. The lowest BCUT2D eigenvalue weighted by Gasteiger charge is -2.31. The van der Waals surface area contributed by atoms with Crippen molar-refractivity contribution < 1.29 is 9.18 Å². The number of piperidine rings is 1. The van der Waals surface area contributed by atoms with Crippen LogP contribution in [0.2, 0.25) is 0 Å². The maximum atomic E-state index is 13.2. The lowest BCUT2D eigenvalue weighted by atomic mass is 9.96. The van der Waals surface area contributed by atoms with Gasteiger partial charge in [-0.2, -0.15) is 0 Å². The van der Waals surface area contributed by atoms with Crippen molar-refractivity contribution in [2.45, 2.75) is 26.7 Å². The third-order valence-corrected chi connectivity index (χ3v) is 4.98. The number of benzene rings is 1. The molecule has 0 bridgehead atoms. The van der Waals surface area contributed by atoms with Gasteiger partial charge in [0.25, 0.3) is 5.91 Å². The fraction of sp³-hybridized carbons (Fsp3) is 0.421. The lowest BCUT2D eigenvalue weighted by Crippen LogP contribution is -2.40. The predicted octanol–water partition coefficient (Wildman–Crippen LogP) is 3.04. The van der Waals surface area contributed by atoms with Crippen LogP contribution in [0.15, 0.2) is 30.3 Å². The molecule has 0 atom stereocenters. The van der Waals surface area contributed by atoms with E-state index < -0.39 is 0 Å². The monoisotopic (exact) mass is 329 g/mol. The molecule has 1 fully saturated rings. The summed E-state index contributed by atoms with van der Waals surface area (Å²) in [5, 5.41) is 0. The number of carbonyl (C=O) groups excluding carboxylic acids is 1. The summed E-state index contributed by atoms with van der Waals surface area (Å²) in [6.07, 6.45) is 1.94. The van der Waals surface area contributed by atoms with Crippen molar-refractivity contribution in [2.24, 2.45) is 11.7 Å². The van der Waals surface area contributed by atoms with Crippen LogP contribution in [0, 0.1) is 25.6 Å². The highest BCUT2D eigenvalue weighted by Crippen LogP contribution is 2.24. The average molecular weight is 329 g/mol. The highest BCUT2D eigenvalue weighted by Gasteiger charge is 2.25. The molecule has 0 aliphatic carbocycles. The molecule has 1 saturated heterocycles. The van der Waals surface area contributed by atoms with E-state index >= 15 is 0 Å². The summed E-state index contributed by atoms with van der Waals surface area (Å²) < 4.78 is 15.2. The zero-order valence-corrected chi connectivity index (χ0v) is 14.3. The van der Waals surface area contributed by atoms with E-state index in [0.29, 0.717) is 12.5 Å². The Hall–Kier alpha value is -2.14. The minimum Gasteiger partial charge on any atom is -0.339 e. The number of hydrogen-bond acceptors (Lipinski definition) is 2. The second kappa shape index (κ2) is 6.77. The first kappa shape index (κ1) is 16.7. The number of carbonyl (C=O) groups is 1. The predicted molar refractivity (Wildman–Crippen MR) is 92.9 cm³/mol. The topological polar surface area (TPSA) is 51.3 Å². The number of aromatic nitrogens is 1. The minimum atomic E-state index is -0.264. The van der Waals surface area contributed by atoms with E-state index in [1.165, 1.54) is 12.1 Å². The van der Waals surface area contributed by atoms with Crippen LogP contribution >= 0.6 is 0 Å². The lowest BCUT2D eigenvalue weighted by molar-refractivity contribution is 0.0692. The molecule has 4 nitrogen and oxygen atoms in total. The van der Waals surface area contributed by atoms with E-state index in [2.05, 4.69) is 0 Å². The Morgan fingerprint density at radius 3 is 2.42 bits per heavy atom. The van der Waals surface area contributed by atoms with Gasteiger partial charge in [0.1, 0.15) is 5.82 Å². The maximum Gasteiger partial charge on any atom is 0.255 e. The molecule has 2 heterocycles. The Bertz CT molecular complexity index is 728. The molecule has 2 N–H and O–H groups in total. The van der Waals surface area contributed by atoms with Crippen LogP contribution < -0.4 is 5.73 Å². The van der Waals surface area contributed by atoms with Gasteiger partial charge in [0.05, 0.1) is 5.56 Å². The van der Waals surface area contributed by atoms with Crippen molar-refractivity contribution >= 4 is 5.91 Å². The fourth-order valence-corrected chi connectivity index (χ4v) is 3.51. The summed E-state index contributed by atoms with van der Waals surface area (Å²) in [6.45, 7) is 6.13. The van der Waals surface area contributed by atoms with Crippen LogP contribution in [0.5, 0.6) is 0 Å². The molecule has 2 aromatic rings. The number of nitrogens with zero attached hydrogens (tertiary/aromatic N) is 2. The van der Waals surface area contributed by atoms with E-state index in [9.17, 15) is 9.18 Å². The molecule has 5 heteroatoms. The zero-order chi connectivity index (χ0) is 17.3. The number of rotatable bonds is 3. The smallest absolute Gasteiger partial charge is 0.255 e. The van der Waals surface area contributed by atoms with Gasteiger partial charge in [0, 0.05) is 30.2 Å². The average Bonchev–Trinajstić information content (AvgIpc) is 2.90. The highest BCUT2D eigenvalue weighted by atomic mass is 19.1. The summed E-state index contributed by atoms with van der Waals surface area (Å²) in [4.78, 5) is 14.8. The van der Waals surface area contributed by atoms with Crippen molar-refractivity contribution in [2.75, 3.05) is 19.6 Å². The largest absolute Gasteiger partial charge is 0.339 e. The summed E-state index contributed by atoms with van der Waals surface area (Å²) in [6, 6.07) is 8.27. The molecule has 1 aromatic carbocycles. The summed E-state index contributed by atoms with van der Waals surface area (Å²) >= 11 is 0. The van der Waals surface area contributed by atoms with E-state index in [1.807, 2.05) is 29.4 Å². The van der Waals surface area contributed by atoms with E-state index in [-0.39, 0.29) is 11.7 Å². The quantitative estimate of drug-likeness (QED) is 0.941. The van der Waals surface area contributed by atoms with Crippen LogP contribution in [-0.4, -0.2) is 35.0 Å². The van der Waals surface area contributed by atoms with Gasteiger partial charge in [-0.1, -0.05) is 0 Å². The molecule has 0 radical (unpaired) electrons. The van der Waals surface area contributed by atoms with Crippen molar-refractivity contribution in [3.05, 3.63) is 53.1 Å². The standard InChI is InChI=1S/C19H24FN3O/c1-13-11-18(19(24)22-9-7-15(12-21)8-10-22)14(2)23(13)17-5-3-16(20)4-6-17/h3-6,11,15H,7-10,12,21H2,1-2H3. The van der Waals surface area contributed by atoms with E-state index in [0.717, 1.165) is 48.6 Å². The normalized spacial score (nSPS) is 15.8. The highest BCUT2D eigenvalue weighted by molar-refractivity contribution is 5.96. The molecule has 0 saturated carbocycles. The Balaban J connectivity index is 1.86. The Morgan fingerprint density at radius 1 is 1.21 bits per heavy atom. The van der Waals surface area contributed by atoms with Gasteiger partial charge in [-0.25, -0.2) is 4.39 Å². The molecular formula is C19H24FN3O. The first-order chi connectivity index (χ1) is 11.5. The Morgan fingerprint density at radius 2 is 1.83 bits per heavy atom. The number of amides is 1. The fourth-order valence-electron chi connectivity index (χ4n) is 3.51. The van der Waals surface area contributed by atoms with Gasteiger partial charge in [-0.15, -0.1) is 0 Å². The number of hydrogen-bond donors (Lipinski definition) is 1. The second-order valence-corrected chi connectivity index (χ2v) is 6.57. The SMILES string of the molecule is Cc1cc(C(=O)N2CCC(CN)CC2)c(C)n1-c1ccc(F)cc1. The molecule has 3 rings (SSSR count). The second-order valence-electron chi connectivity index (χ2n) is 6.57. The number of nitrogens with two attached hydrogens (primary N) is 1. The van der Waals surface area contributed by atoms with E-state index in [1.54, 1.807) is 12.1 Å². The van der Waals surface area contributed by atoms with Crippen LogP contribution in [0.4, 0.5) is 4.39 Å². The maximum absolute atomic E-state index is 13.2. The molecule has 1 aromatic heterocycles. The van der Waals surface area contributed by atoms with Crippen molar-refractivity contribution in [3.8, 4) is 5.69 Å². The van der Waals surface area contributed by atoms with E-state index in [4.69, 9.17) is 5.73 Å². The van der Waals surface area contributed by atoms with Gasteiger partial charge < -0.3 is 15.2 Å². The summed E-state index contributed by atoms with van der Waals surface area (Å²) in [7, 11) is 0. The zero-order valence-electron chi connectivity index (χ0n) is 14.3. The molecule has 1 aliphatic heterocycles. The van der Waals surface area contributed by atoms with Gasteiger partial charge in [0.15, 0.2) is 0 Å². The van der Waals surface area contributed by atoms with Crippen LogP contribution in [0.25, 0.3) is 5.69 Å². The molecule has 24 heavy (non-hydrogen) atoms. The van der Waals surface area contributed by atoms with Crippen LogP contribution in [-0.2, 0) is 0 Å². The number of halogens is 1. The minimum absolute atomic E-state index is 0.0759. The summed E-state index contributed by atoms with van der Waals surface area (Å²) in [5.41, 5.74) is 9.18. The third kappa shape index (κ3) is 3.08. The molecule has 0 unspecified atom stereocenters. The van der Waals surface area contributed by atoms with Gasteiger partial charge in [-0.05, 0) is 69.5 Å². The molecular weight excluding hydrogens is 305 g/mol. The molecule has 0 spiro atoms. The Kier molecular flexibility index (Phi) is 4.71. The third-order valence-electron chi connectivity index (χ3n) is 4.98. The molecule has 128 valence electrons. The Labute approximate surface area is 142 Å².